The van der Waals surface area contributed by atoms with Crippen molar-refractivity contribution in [2.45, 2.75) is 32.7 Å². The van der Waals surface area contributed by atoms with Crippen LogP contribution in [-0.4, -0.2) is 27.0 Å². The van der Waals surface area contributed by atoms with E-state index in [4.69, 9.17) is 4.42 Å². The van der Waals surface area contributed by atoms with Gasteiger partial charge in [-0.05, 0) is 18.6 Å². The van der Waals surface area contributed by atoms with E-state index >= 15 is 0 Å². The van der Waals surface area contributed by atoms with E-state index in [1.54, 1.807) is 0 Å². The number of para-hydroxylation sites is 2. The molecule has 0 unspecified atom stereocenters. The SMILES string of the molecule is CC(C)c1ocnc1C(=O)NCCCn1cnc2ccccc21. The Kier molecular flexibility index (Phi) is 4.41. The molecule has 0 atom stereocenters. The van der Waals surface area contributed by atoms with Crippen molar-refractivity contribution < 1.29 is 9.21 Å². The maximum absolute atomic E-state index is 12.2. The minimum Gasteiger partial charge on any atom is -0.447 e. The van der Waals surface area contributed by atoms with Crippen molar-refractivity contribution in [1.29, 1.82) is 0 Å². The van der Waals surface area contributed by atoms with Gasteiger partial charge in [0.05, 0.1) is 17.4 Å². The minimum atomic E-state index is -0.182. The highest BCUT2D eigenvalue weighted by atomic mass is 16.3. The number of benzene rings is 1. The van der Waals surface area contributed by atoms with E-state index in [1.165, 1.54) is 6.39 Å². The van der Waals surface area contributed by atoms with Crippen LogP contribution in [0.25, 0.3) is 11.0 Å². The Hall–Kier alpha value is -2.63. The molecule has 3 rings (SSSR count). The molecule has 0 aliphatic carbocycles. The number of oxazole rings is 1. The van der Waals surface area contributed by atoms with Gasteiger partial charge in [-0.3, -0.25) is 4.79 Å². The Morgan fingerprint density at radius 3 is 2.96 bits per heavy atom. The molecule has 0 bridgehead atoms. The summed E-state index contributed by atoms with van der Waals surface area (Å²) in [6, 6.07) is 8.02. The van der Waals surface area contributed by atoms with Gasteiger partial charge in [-0.2, -0.15) is 0 Å². The maximum atomic E-state index is 12.2. The molecule has 6 heteroatoms. The number of fused-ring (bicyclic) bond motifs is 1. The summed E-state index contributed by atoms with van der Waals surface area (Å²) < 4.78 is 7.37. The van der Waals surface area contributed by atoms with Gasteiger partial charge >= 0.3 is 0 Å². The molecule has 0 aliphatic heterocycles. The zero-order chi connectivity index (χ0) is 16.2. The van der Waals surface area contributed by atoms with E-state index in [2.05, 4.69) is 19.9 Å². The van der Waals surface area contributed by atoms with Crippen molar-refractivity contribution >= 4 is 16.9 Å². The van der Waals surface area contributed by atoms with Crippen LogP contribution in [-0.2, 0) is 6.54 Å². The van der Waals surface area contributed by atoms with E-state index < -0.39 is 0 Å². The van der Waals surface area contributed by atoms with Crippen LogP contribution in [0.3, 0.4) is 0 Å². The molecule has 2 heterocycles. The van der Waals surface area contributed by atoms with E-state index in [9.17, 15) is 4.79 Å². The average molecular weight is 312 g/mol. The van der Waals surface area contributed by atoms with Crippen molar-refractivity contribution in [1.82, 2.24) is 19.9 Å². The summed E-state index contributed by atoms with van der Waals surface area (Å²) in [6.07, 6.45) is 3.98. The van der Waals surface area contributed by atoms with Crippen LogP contribution in [0, 0.1) is 0 Å². The number of hydrogen-bond acceptors (Lipinski definition) is 4. The van der Waals surface area contributed by atoms with E-state index in [0.29, 0.717) is 18.0 Å². The number of aryl methyl sites for hydroxylation is 1. The first kappa shape index (κ1) is 15.3. The number of hydrogen-bond donors (Lipinski definition) is 1. The molecule has 0 saturated heterocycles. The lowest BCUT2D eigenvalue weighted by molar-refractivity contribution is 0.0946. The van der Waals surface area contributed by atoms with Crippen LogP contribution in [0.5, 0.6) is 0 Å². The smallest absolute Gasteiger partial charge is 0.273 e. The predicted octanol–water partition coefficient (Wildman–Crippen LogP) is 2.97. The van der Waals surface area contributed by atoms with Gasteiger partial charge in [-0.15, -0.1) is 0 Å². The number of aromatic nitrogens is 3. The molecule has 6 nitrogen and oxygen atoms in total. The van der Waals surface area contributed by atoms with E-state index in [0.717, 1.165) is 24.0 Å². The second-order valence-electron chi connectivity index (χ2n) is 5.76. The Morgan fingerprint density at radius 2 is 2.13 bits per heavy atom. The number of nitrogens with one attached hydrogen (secondary N) is 1. The molecule has 120 valence electrons. The lowest BCUT2D eigenvalue weighted by Gasteiger charge is -2.07. The van der Waals surface area contributed by atoms with Gasteiger partial charge in [-0.1, -0.05) is 26.0 Å². The van der Waals surface area contributed by atoms with Crippen molar-refractivity contribution in [3.8, 4) is 0 Å². The molecule has 1 N–H and O–H groups in total. The van der Waals surface area contributed by atoms with Gasteiger partial charge in [0, 0.05) is 19.0 Å². The largest absolute Gasteiger partial charge is 0.447 e. The topological polar surface area (TPSA) is 73.0 Å². The molecule has 0 spiro atoms. The third-order valence-corrected chi connectivity index (χ3v) is 3.72. The highest BCUT2D eigenvalue weighted by Crippen LogP contribution is 2.18. The molecule has 0 aliphatic rings. The van der Waals surface area contributed by atoms with Crippen molar-refractivity contribution in [3.63, 3.8) is 0 Å². The number of rotatable bonds is 6. The molecule has 2 aromatic heterocycles. The molecule has 1 aromatic carbocycles. The summed E-state index contributed by atoms with van der Waals surface area (Å²) in [7, 11) is 0. The molecular formula is C17H20N4O2. The molecule has 0 fully saturated rings. The van der Waals surface area contributed by atoms with E-state index in [-0.39, 0.29) is 11.8 Å². The first-order valence-electron chi connectivity index (χ1n) is 7.78. The number of imidazole rings is 1. The Balaban J connectivity index is 1.53. The second-order valence-corrected chi connectivity index (χ2v) is 5.76. The van der Waals surface area contributed by atoms with Gasteiger partial charge in [0.15, 0.2) is 12.1 Å². The van der Waals surface area contributed by atoms with Crippen molar-refractivity contribution in [3.05, 3.63) is 48.4 Å². The van der Waals surface area contributed by atoms with Crippen LogP contribution in [0.2, 0.25) is 0 Å². The average Bonchev–Trinajstić information content (AvgIpc) is 3.18. The molecule has 0 saturated carbocycles. The van der Waals surface area contributed by atoms with Gasteiger partial charge < -0.3 is 14.3 Å². The van der Waals surface area contributed by atoms with Crippen LogP contribution in [0.1, 0.15) is 42.4 Å². The van der Waals surface area contributed by atoms with Crippen LogP contribution >= 0.6 is 0 Å². The normalized spacial score (nSPS) is 11.3. The zero-order valence-electron chi connectivity index (χ0n) is 13.3. The van der Waals surface area contributed by atoms with Gasteiger partial charge in [0.25, 0.3) is 5.91 Å². The number of amides is 1. The number of carbonyl (C=O) groups excluding carboxylic acids is 1. The summed E-state index contributed by atoms with van der Waals surface area (Å²) in [5.41, 5.74) is 2.48. The van der Waals surface area contributed by atoms with Gasteiger partial charge in [-0.25, -0.2) is 9.97 Å². The second kappa shape index (κ2) is 6.64. The molecule has 1 amide bonds. The first-order chi connectivity index (χ1) is 11.2. The van der Waals surface area contributed by atoms with Crippen LogP contribution < -0.4 is 5.32 Å². The number of carbonyl (C=O) groups is 1. The minimum absolute atomic E-state index is 0.135. The summed E-state index contributed by atoms with van der Waals surface area (Å²) >= 11 is 0. The summed E-state index contributed by atoms with van der Waals surface area (Å²) in [6.45, 7) is 5.33. The first-order valence-corrected chi connectivity index (χ1v) is 7.78. The summed E-state index contributed by atoms with van der Waals surface area (Å²) in [4.78, 5) is 20.5. The monoisotopic (exact) mass is 312 g/mol. The lowest BCUT2D eigenvalue weighted by atomic mass is 10.1. The van der Waals surface area contributed by atoms with Crippen molar-refractivity contribution in [2.75, 3.05) is 6.54 Å². The zero-order valence-corrected chi connectivity index (χ0v) is 13.3. The molecule has 0 radical (unpaired) electrons. The summed E-state index contributed by atoms with van der Waals surface area (Å²) in [5.74, 6) is 0.580. The molecule has 3 aromatic rings. The standard InChI is InChI=1S/C17H20N4O2/c1-12(2)16-15(20-11-23-16)17(22)18-8-5-9-21-10-19-13-6-3-4-7-14(13)21/h3-4,6-7,10-12H,5,8-9H2,1-2H3,(H,18,22). The third-order valence-electron chi connectivity index (χ3n) is 3.72. The molecule has 23 heavy (non-hydrogen) atoms. The van der Waals surface area contributed by atoms with Gasteiger partial charge in [0.2, 0.25) is 0 Å². The van der Waals surface area contributed by atoms with E-state index in [1.807, 2.05) is 44.4 Å². The lowest BCUT2D eigenvalue weighted by Crippen LogP contribution is -2.26. The molecular weight excluding hydrogens is 292 g/mol. The van der Waals surface area contributed by atoms with Gasteiger partial charge in [0.1, 0.15) is 5.76 Å². The predicted molar refractivity (Wildman–Crippen MR) is 87.3 cm³/mol. The number of nitrogens with zero attached hydrogens (tertiary/aromatic N) is 3. The highest BCUT2D eigenvalue weighted by molar-refractivity contribution is 5.93. The fraction of sp³-hybridized carbons (Fsp3) is 0.353. The summed E-state index contributed by atoms with van der Waals surface area (Å²) in [5, 5.41) is 2.90. The third kappa shape index (κ3) is 3.26. The maximum Gasteiger partial charge on any atom is 0.273 e. The fourth-order valence-corrected chi connectivity index (χ4v) is 2.56. The Morgan fingerprint density at radius 1 is 1.30 bits per heavy atom. The fourth-order valence-electron chi connectivity index (χ4n) is 2.56. The quantitative estimate of drug-likeness (QED) is 0.710. The highest BCUT2D eigenvalue weighted by Gasteiger charge is 2.18. The van der Waals surface area contributed by atoms with Crippen LogP contribution in [0.15, 0.2) is 41.4 Å². The van der Waals surface area contributed by atoms with Crippen molar-refractivity contribution in [2.24, 2.45) is 0 Å². The Labute approximate surface area is 134 Å². The Bertz CT molecular complexity index is 804. The van der Waals surface area contributed by atoms with Crippen LogP contribution in [0.4, 0.5) is 0 Å².